The number of para-hydroxylation sites is 1. The lowest BCUT2D eigenvalue weighted by Crippen LogP contribution is -2.31. The van der Waals surface area contributed by atoms with Gasteiger partial charge in [-0.1, -0.05) is 18.2 Å². The van der Waals surface area contributed by atoms with Gasteiger partial charge in [-0.05, 0) is 43.7 Å². The van der Waals surface area contributed by atoms with Crippen LogP contribution in [0.4, 0.5) is 0 Å². The molecule has 0 fully saturated rings. The van der Waals surface area contributed by atoms with Crippen LogP contribution in [0.2, 0.25) is 0 Å². The third-order valence-electron chi connectivity index (χ3n) is 4.85. The van der Waals surface area contributed by atoms with E-state index in [1.165, 1.54) is 0 Å². The number of nitrogens with zero attached hydrogens (tertiary/aromatic N) is 2. The predicted octanol–water partition coefficient (Wildman–Crippen LogP) is 3.60. The molecule has 0 aliphatic heterocycles. The van der Waals surface area contributed by atoms with Crippen LogP contribution in [-0.4, -0.2) is 35.9 Å². The van der Waals surface area contributed by atoms with E-state index in [9.17, 15) is 4.79 Å². The molecule has 144 valence electrons. The third-order valence-corrected chi connectivity index (χ3v) is 4.85. The molecule has 1 heterocycles. The van der Waals surface area contributed by atoms with Gasteiger partial charge in [-0.2, -0.15) is 5.10 Å². The Hall–Kier alpha value is -3.28. The van der Waals surface area contributed by atoms with Crippen LogP contribution in [0.25, 0.3) is 16.9 Å². The molecular weight excluding hydrogens is 354 g/mol. The van der Waals surface area contributed by atoms with Crippen molar-refractivity contribution in [2.24, 2.45) is 0 Å². The molecule has 4 rings (SSSR count). The predicted molar refractivity (Wildman–Crippen MR) is 108 cm³/mol. The first-order chi connectivity index (χ1) is 13.5. The molecule has 6 heteroatoms. The molecule has 2 aromatic carbocycles. The number of benzene rings is 2. The molecule has 1 aliphatic rings. The van der Waals surface area contributed by atoms with Crippen molar-refractivity contribution in [3.8, 4) is 28.4 Å². The fourth-order valence-corrected chi connectivity index (χ4v) is 3.64. The van der Waals surface area contributed by atoms with Gasteiger partial charge in [0.15, 0.2) is 17.2 Å². The number of ether oxygens (including phenoxy) is 2. The molecule has 3 aromatic rings. The Morgan fingerprint density at radius 1 is 1.11 bits per heavy atom. The molecule has 6 nitrogen and oxygen atoms in total. The molecule has 28 heavy (non-hydrogen) atoms. The van der Waals surface area contributed by atoms with Gasteiger partial charge in [0.05, 0.1) is 25.6 Å². The number of nitrogens with one attached hydrogen (secondary N) is 1. The number of amides is 1. The largest absolute Gasteiger partial charge is 0.493 e. The van der Waals surface area contributed by atoms with Crippen LogP contribution >= 0.6 is 0 Å². The zero-order valence-corrected chi connectivity index (χ0v) is 16.4. The summed E-state index contributed by atoms with van der Waals surface area (Å²) in [6, 6.07) is 13.8. The Morgan fingerprint density at radius 2 is 1.79 bits per heavy atom. The molecule has 1 amide bonds. The van der Waals surface area contributed by atoms with E-state index in [0.717, 1.165) is 28.1 Å². The van der Waals surface area contributed by atoms with Gasteiger partial charge in [0.25, 0.3) is 5.91 Å². The molecule has 1 aliphatic carbocycles. The lowest BCUT2D eigenvalue weighted by Gasteiger charge is -2.12. The zero-order valence-electron chi connectivity index (χ0n) is 16.4. The fourth-order valence-electron chi connectivity index (χ4n) is 3.64. The quantitative estimate of drug-likeness (QED) is 0.577. The van der Waals surface area contributed by atoms with Crippen LogP contribution < -0.4 is 14.8 Å². The lowest BCUT2D eigenvalue weighted by molar-refractivity contribution is 0.0937. The van der Waals surface area contributed by atoms with Gasteiger partial charge in [0.2, 0.25) is 0 Å². The van der Waals surface area contributed by atoms with Crippen LogP contribution in [0.1, 0.15) is 35.5 Å². The summed E-state index contributed by atoms with van der Waals surface area (Å²) in [5, 5.41) is 7.65. The standard InChI is InChI=1S/C22H23N3O3/c1-13(2)23-22(26)20-17-10-14-11-18(27-3)19(28-4)12-16(14)21(17)25(24-20)15-8-6-5-7-9-15/h5-9,11-13H,10H2,1-4H3,(H,23,26). The Kier molecular flexibility index (Phi) is 4.55. The van der Waals surface area contributed by atoms with Crippen molar-refractivity contribution in [2.45, 2.75) is 26.3 Å². The van der Waals surface area contributed by atoms with E-state index in [4.69, 9.17) is 9.47 Å². The maximum atomic E-state index is 12.8. The van der Waals surface area contributed by atoms with Crippen LogP contribution in [0.5, 0.6) is 11.5 Å². The summed E-state index contributed by atoms with van der Waals surface area (Å²) in [6.07, 6.45) is 0.624. The van der Waals surface area contributed by atoms with Crippen molar-refractivity contribution in [3.63, 3.8) is 0 Å². The summed E-state index contributed by atoms with van der Waals surface area (Å²) in [5.41, 5.74) is 5.32. The van der Waals surface area contributed by atoms with E-state index in [0.29, 0.717) is 23.6 Å². The van der Waals surface area contributed by atoms with E-state index in [1.54, 1.807) is 14.2 Å². The van der Waals surface area contributed by atoms with Gasteiger partial charge in [0, 0.05) is 23.6 Å². The first-order valence-electron chi connectivity index (χ1n) is 9.27. The SMILES string of the molecule is COc1cc2c(cc1OC)-c1c(c(C(=O)NC(C)C)nn1-c1ccccc1)C2. The highest BCUT2D eigenvalue weighted by Crippen LogP contribution is 2.44. The fraction of sp³-hybridized carbons (Fsp3) is 0.273. The Bertz CT molecular complexity index is 1040. The summed E-state index contributed by atoms with van der Waals surface area (Å²) in [6.45, 7) is 3.88. The van der Waals surface area contributed by atoms with Crippen molar-refractivity contribution < 1.29 is 14.3 Å². The normalized spacial score (nSPS) is 11.9. The second kappa shape index (κ2) is 7.03. The first kappa shape index (κ1) is 18.1. The number of methoxy groups -OCH3 is 2. The van der Waals surface area contributed by atoms with Gasteiger partial charge in [0.1, 0.15) is 0 Å². The number of rotatable bonds is 5. The summed E-state index contributed by atoms with van der Waals surface area (Å²) < 4.78 is 12.8. The molecule has 0 atom stereocenters. The van der Waals surface area contributed by atoms with E-state index >= 15 is 0 Å². The monoisotopic (exact) mass is 377 g/mol. The number of hydrogen-bond donors (Lipinski definition) is 1. The highest BCUT2D eigenvalue weighted by molar-refractivity contribution is 5.97. The van der Waals surface area contributed by atoms with Crippen LogP contribution in [0, 0.1) is 0 Å². The molecule has 0 unspecified atom stereocenters. The molecule has 0 radical (unpaired) electrons. The summed E-state index contributed by atoms with van der Waals surface area (Å²) >= 11 is 0. The summed E-state index contributed by atoms with van der Waals surface area (Å²) in [5.74, 6) is 1.18. The van der Waals surface area contributed by atoms with Crippen molar-refractivity contribution in [1.29, 1.82) is 0 Å². The van der Waals surface area contributed by atoms with Crippen molar-refractivity contribution >= 4 is 5.91 Å². The maximum Gasteiger partial charge on any atom is 0.272 e. The van der Waals surface area contributed by atoms with E-state index in [1.807, 2.05) is 61.0 Å². The van der Waals surface area contributed by atoms with E-state index in [2.05, 4.69) is 10.4 Å². The van der Waals surface area contributed by atoms with E-state index < -0.39 is 0 Å². The molecular formula is C22H23N3O3. The van der Waals surface area contributed by atoms with Gasteiger partial charge >= 0.3 is 0 Å². The highest BCUT2D eigenvalue weighted by Gasteiger charge is 2.32. The summed E-state index contributed by atoms with van der Waals surface area (Å²) in [4.78, 5) is 12.8. The number of carbonyl (C=O) groups excluding carboxylic acids is 1. The topological polar surface area (TPSA) is 65.4 Å². The molecule has 1 aromatic heterocycles. The molecule has 0 saturated heterocycles. The van der Waals surface area contributed by atoms with Crippen molar-refractivity contribution in [1.82, 2.24) is 15.1 Å². The molecule has 1 N–H and O–H groups in total. The molecule has 0 bridgehead atoms. The average Bonchev–Trinajstić information content (AvgIpc) is 3.23. The second-order valence-electron chi connectivity index (χ2n) is 7.09. The molecule has 0 saturated carbocycles. The second-order valence-corrected chi connectivity index (χ2v) is 7.09. The van der Waals surface area contributed by atoms with Gasteiger partial charge < -0.3 is 14.8 Å². The third kappa shape index (κ3) is 2.91. The zero-order chi connectivity index (χ0) is 19.8. The average molecular weight is 377 g/mol. The van der Waals surface area contributed by atoms with Crippen LogP contribution in [0.3, 0.4) is 0 Å². The Balaban J connectivity index is 1.93. The van der Waals surface area contributed by atoms with Crippen LogP contribution in [0.15, 0.2) is 42.5 Å². The minimum atomic E-state index is -0.160. The van der Waals surface area contributed by atoms with Gasteiger partial charge in [-0.3, -0.25) is 4.79 Å². The highest BCUT2D eigenvalue weighted by atomic mass is 16.5. The maximum absolute atomic E-state index is 12.8. The molecule has 0 spiro atoms. The number of fused-ring (bicyclic) bond motifs is 3. The minimum Gasteiger partial charge on any atom is -0.493 e. The number of hydrogen-bond acceptors (Lipinski definition) is 4. The number of carbonyl (C=O) groups is 1. The summed E-state index contributed by atoms with van der Waals surface area (Å²) in [7, 11) is 3.25. The van der Waals surface area contributed by atoms with Gasteiger partial charge in [-0.15, -0.1) is 0 Å². The van der Waals surface area contributed by atoms with Crippen LogP contribution in [-0.2, 0) is 6.42 Å². The number of aromatic nitrogens is 2. The smallest absolute Gasteiger partial charge is 0.272 e. The lowest BCUT2D eigenvalue weighted by atomic mass is 10.1. The Labute approximate surface area is 164 Å². The van der Waals surface area contributed by atoms with Crippen molar-refractivity contribution in [2.75, 3.05) is 14.2 Å². The minimum absolute atomic E-state index is 0.0361. The van der Waals surface area contributed by atoms with Crippen molar-refractivity contribution in [3.05, 3.63) is 59.3 Å². The first-order valence-corrected chi connectivity index (χ1v) is 9.27. The van der Waals surface area contributed by atoms with E-state index in [-0.39, 0.29) is 11.9 Å². The Morgan fingerprint density at radius 3 is 2.43 bits per heavy atom. The van der Waals surface area contributed by atoms with Gasteiger partial charge in [-0.25, -0.2) is 4.68 Å².